The van der Waals surface area contributed by atoms with Crippen molar-refractivity contribution in [3.05, 3.63) is 51.7 Å². The van der Waals surface area contributed by atoms with Crippen LogP contribution in [-0.4, -0.2) is 19.1 Å². The predicted molar refractivity (Wildman–Crippen MR) is 77.2 cm³/mol. The highest BCUT2D eigenvalue weighted by Gasteiger charge is 2.06. The molecular formula is C15H16N2OS. The first-order valence-corrected chi connectivity index (χ1v) is 6.94. The van der Waals surface area contributed by atoms with Crippen LogP contribution in [-0.2, 0) is 13.1 Å². The van der Waals surface area contributed by atoms with Gasteiger partial charge in [-0.3, -0.25) is 4.90 Å². The van der Waals surface area contributed by atoms with Crippen molar-refractivity contribution in [2.75, 3.05) is 14.2 Å². The summed E-state index contributed by atoms with van der Waals surface area (Å²) in [5.41, 5.74) is 3.03. The zero-order chi connectivity index (χ0) is 13.7. The van der Waals surface area contributed by atoms with Gasteiger partial charge >= 0.3 is 0 Å². The molecule has 4 heteroatoms. The van der Waals surface area contributed by atoms with Gasteiger partial charge in [0.1, 0.15) is 11.8 Å². The Morgan fingerprint density at radius 2 is 2.05 bits per heavy atom. The maximum absolute atomic E-state index is 9.07. The number of thiophene rings is 1. The van der Waals surface area contributed by atoms with Gasteiger partial charge in [0, 0.05) is 13.1 Å². The van der Waals surface area contributed by atoms with E-state index in [0.29, 0.717) is 11.3 Å². The monoisotopic (exact) mass is 272 g/mol. The summed E-state index contributed by atoms with van der Waals surface area (Å²) in [5.74, 6) is 0.631. The molecule has 1 heterocycles. The number of hydrogen-bond donors (Lipinski definition) is 0. The van der Waals surface area contributed by atoms with E-state index in [1.165, 1.54) is 5.56 Å². The highest BCUT2D eigenvalue weighted by Crippen LogP contribution is 2.20. The maximum Gasteiger partial charge on any atom is 0.136 e. The number of nitrogens with zero attached hydrogens (tertiary/aromatic N) is 2. The minimum atomic E-state index is 0.587. The first-order valence-electron chi connectivity index (χ1n) is 5.99. The molecule has 2 aromatic rings. The summed E-state index contributed by atoms with van der Waals surface area (Å²) in [6.45, 7) is 1.73. The fraction of sp³-hybridized carbons (Fsp3) is 0.267. The van der Waals surface area contributed by atoms with Crippen molar-refractivity contribution >= 4 is 11.3 Å². The molecule has 2 rings (SSSR count). The predicted octanol–water partition coefficient (Wildman–Crippen LogP) is 3.26. The van der Waals surface area contributed by atoms with Gasteiger partial charge in [-0.05, 0) is 47.1 Å². The average Bonchev–Trinajstić information content (AvgIpc) is 2.91. The van der Waals surface area contributed by atoms with Crippen molar-refractivity contribution in [2.45, 2.75) is 13.1 Å². The Labute approximate surface area is 117 Å². The number of hydrogen-bond acceptors (Lipinski definition) is 4. The molecule has 3 nitrogen and oxygen atoms in total. The molecule has 0 aliphatic rings. The van der Waals surface area contributed by atoms with Crippen LogP contribution in [0.5, 0.6) is 5.75 Å². The molecule has 1 aromatic carbocycles. The topological polar surface area (TPSA) is 36.3 Å². The summed E-state index contributed by atoms with van der Waals surface area (Å²) in [6.07, 6.45) is 0. The molecule has 0 saturated heterocycles. The molecule has 0 unspecified atom stereocenters. The van der Waals surface area contributed by atoms with Gasteiger partial charge in [0.25, 0.3) is 0 Å². The number of methoxy groups -OCH3 is 1. The molecule has 98 valence electrons. The third kappa shape index (κ3) is 3.57. The lowest BCUT2D eigenvalue weighted by Crippen LogP contribution is -2.16. The highest BCUT2D eigenvalue weighted by molar-refractivity contribution is 7.07. The molecule has 19 heavy (non-hydrogen) atoms. The Kier molecular flexibility index (Phi) is 4.56. The van der Waals surface area contributed by atoms with Gasteiger partial charge in [0.2, 0.25) is 0 Å². The molecule has 0 amide bonds. The number of nitriles is 1. The van der Waals surface area contributed by atoms with E-state index >= 15 is 0 Å². The van der Waals surface area contributed by atoms with Gasteiger partial charge in [-0.1, -0.05) is 6.07 Å². The van der Waals surface area contributed by atoms with E-state index in [2.05, 4.69) is 34.8 Å². The standard InChI is InChI=1S/C15H16N2OS/c1-17(10-13-5-6-19-11-13)9-12-3-4-15(18-2)14(7-12)8-16/h3-7,11H,9-10H2,1-2H3. The Hall–Kier alpha value is -1.83. The summed E-state index contributed by atoms with van der Waals surface area (Å²) >= 11 is 1.71. The molecule has 0 aliphatic heterocycles. The smallest absolute Gasteiger partial charge is 0.136 e. The van der Waals surface area contributed by atoms with Crippen molar-refractivity contribution in [2.24, 2.45) is 0 Å². The van der Waals surface area contributed by atoms with Gasteiger partial charge in [-0.15, -0.1) is 0 Å². The van der Waals surface area contributed by atoms with Crippen LogP contribution < -0.4 is 4.74 Å². The number of benzene rings is 1. The third-order valence-electron chi connectivity index (χ3n) is 2.87. The summed E-state index contributed by atoms with van der Waals surface area (Å²) in [6, 6.07) is 10.0. The third-order valence-corrected chi connectivity index (χ3v) is 3.60. The second kappa shape index (κ2) is 6.37. The molecule has 0 radical (unpaired) electrons. The van der Waals surface area contributed by atoms with E-state index < -0.39 is 0 Å². The summed E-state index contributed by atoms with van der Waals surface area (Å²) in [7, 11) is 3.66. The maximum atomic E-state index is 9.07. The van der Waals surface area contributed by atoms with Gasteiger partial charge < -0.3 is 4.74 Å². The SMILES string of the molecule is COc1ccc(CN(C)Cc2ccsc2)cc1C#N. The van der Waals surface area contributed by atoms with Gasteiger partial charge in [0.05, 0.1) is 12.7 Å². The Morgan fingerprint density at radius 1 is 1.26 bits per heavy atom. The first kappa shape index (κ1) is 13.6. The Bertz CT molecular complexity index is 572. The van der Waals surface area contributed by atoms with Gasteiger partial charge in [-0.25, -0.2) is 0 Å². The van der Waals surface area contributed by atoms with Crippen LogP contribution in [0, 0.1) is 11.3 Å². The van der Waals surface area contributed by atoms with Crippen LogP contribution in [0.2, 0.25) is 0 Å². The Balaban J connectivity index is 2.05. The van der Waals surface area contributed by atoms with Crippen molar-refractivity contribution in [1.82, 2.24) is 4.90 Å². The normalized spacial score (nSPS) is 10.4. The minimum absolute atomic E-state index is 0.587. The van der Waals surface area contributed by atoms with E-state index in [0.717, 1.165) is 18.7 Å². The zero-order valence-corrected chi connectivity index (χ0v) is 11.9. The lowest BCUT2D eigenvalue weighted by atomic mass is 10.1. The van der Waals surface area contributed by atoms with E-state index in [1.807, 2.05) is 18.2 Å². The molecule has 0 saturated carbocycles. The average molecular weight is 272 g/mol. The fourth-order valence-electron chi connectivity index (χ4n) is 2.00. The second-order valence-corrected chi connectivity index (χ2v) is 5.23. The Morgan fingerprint density at radius 3 is 2.68 bits per heavy atom. The summed E-state index contributed by atoms with van der Waals surface area (Å²) < 4.78 is 5.15. The van der Waals surface area contributed by atoms with Crippen LogP contribution in [0.3, 0.4) is 0 Å². The summed E-state index contributed by atoms with van der Waals surface area (Å²) in [4.78, 5) is 2.23. The van der Waals surface area contributed by atoms with Crippen molar-refractivity contribution < 1.29 is 4.74 Å². The van der Waals surface area contributed by atoms with Crippen LogP contribution in [0.1, 0.15) is 16.7 Å². The lowest BCUT2D eigenvalue weighted by Gasteiger charge is -2.16. The molecule has 0 bridgehead atoms. The van der Waals surface area contributed by atoms with Gasteiger partial charge in [0.15, 0.2) is 0 Å². The molecule has 0 N–H and O–H groups in total. The van der Waals surface area contributed by atoms with E-state index in [1.54, 1.807) is 18.4 Å². The zero-order valence-electron chi connectivity index (χ0n) is 11.1. The number of rotatable bonds is 5. The van der Waals surface area contributed by atoms with Crippen molar-refractivity contribution in [3.8, 4) is 11.8 Å². The lowest BCUT2D eigenvalue weighted by molar-refractivity contribution is 0.319. The summed E-state index contributed by atoms with van der Waals surface area (Å²) in [5, 5.41) is 13.3. The van der Waals surface area contributed by atoms with Crippen LogP contribution in [0.15, 0.2) is 35.0 Å². The van der Waals surface area contributed by atoms with E-state index in [-0.39, 0.29) is 0 Å². The van der Waals surface area contributed by atoms with Crippen LogP contribution in [0.25, 0.3) is 0 Å². The molecular weight excluding hydrogens is 256 g/mol. The van der Waals surface area contributed by atoms with E-state index in [4.69, 9.17) is 10.00 Å². The van der Waals surface area contributed by atoms with Crippen LogP contribution in [0.4, 0.5) is 0 Å². The molecule has 0 atom stereocenters. The molecule has 0 fully saturated rings. The molecule has 0 aliphatic carbocycles. The first-order chi connectivity index (χ1) is 9.22. The second-order valence-electron chi connectivity index (χ2n) is 4.45. The quantitative estimate of drug-likeness (QED) is 0.838. The fourth-order valence-corrected chi connectivity index (χ4v) is 2.66. The minimum Gasteiger partial charge on any atom is -0.495 e. The highest BCUT2D eigenvalue weighted by atomic mass is 32.1. The van der Waals surface area contributed by atoms with E-state index in [9.17, 15) is 0 Å². The van der Waals surface area contributed by atoms with Crippen molar-refractivity contribution in [1.29, 1.82) is 5.26 Å². The number of ether oxygens (including phenoxy) is 1. The van der Waals surface area contributed by atoms with Gasteiger partial charge in [-0.2, -0.15) is 16.6 Å². The largest absolute Gasteiger partial charge is 0.495 e. The van der Waals surface area contributed by atoms with Crippen LogP contribution >= 0.6 is 11.3 Å². The van der Waals surface area contributed by atoms with Crippen molar-refractivity contribution in [3.63, 3.8) is 0 Å². The molecule has 0 spiro atoms. The molecule has 1 aromatic heterocycles.